The molecule has 0 saturated heterocycles. The molecule has 1 aliphatic rings. The van der Waals surface area contributed by atoms with E-state index in [0.29, 0.717) is 10.6 Å². The molecule has 0 aliphatic carbocycles. The van der Waals surface area contributed by atoms with Crippen LogP contribution in [0.1, 0.15) is 29.7 Å². The maximum absolute atomic E-state index is 10.5. The summed E-state index contributed by atoms with van der Waals surface area (Å²) in [5.41, 5.74) is 2.69. The average Bonchev–Trinajstić information content (AvgIpc) is 2.77. The third-order valence-electron chi connectivity index (χ3n) is 3.49. The van der Waals surface area contributed by atoms with Crippen LogP contribution in [0.4, 0.5) is 0 Å². The number of rotatable bonds is 2. The number of hydrogen-bond acceptors (Lipinski definition) is 2. The molecule has 0 spiro atoms. The van der Waals surface area contributed by atoms with E-state index < -0.39 is 6.10 Å². The summed E-state index contributed by atoms with van der Waals surface area (Å²) in [5.74, 6) is 0.912. The maximum atomic E-state index is 10.5. The topological polar surface area (TPSA) is 29.5 Å². The first-order valence-corrected chi connectivity index (χ1v) is 7.64. The van der Waals surface area contributed by atoms with Crippen molar-refractivity contribution in [3.05, 3.63) is 62.6 Å². The lowest BCUT2D eigenvalue weighted by atomic mass is 9.98. The van der Waals surface area contributed by atoms with Gasteiger partial charge in [0, 0.05) is 21.5 Å². The molecular formula is C16H14BrClO2. The summed E-state index contributed by atoms with van der Waals surface area (Å²) in [6.07, 6.45) is 0.356. The van der Waals surface area contributed by atoms with Gasteiger partial charge in [0.15, 0.2) is 0 Å². The Morgan fingerprint density at radius 3 is 2.85 bits per heavy atom. The quantitative estimate of drug-likeness (QED) is 0.861. The molecular weight excluding hydrogens is 340 g/mol. The van der Waals surface area contributed by atoms with Gasteiger partial charge in [-0.2, -0.15) is 0 Å². The summed E-state index contributed by atoms with van der Waals surface area (Å²) >= 11 is 9.57. The molecule has 0 fully saturated rings. The molecule has 1 N–H and O–H groups in total. The highest BCUT2D eigenvalue weighted by Crippen LogP contribution is 2.35. The molecule has 4 heteroatoms. The molecule has 0 aromatic heterocycles. The Kier molecular flexibility index (Phi) is 3.76. The zero-order chi connectivity index (χ0) is 14.3. The standard InChI is InChI=1S/C16H14BrClO2/c1-9-6-11-7-10(2-5-15(11)20-9)16(19)13-4-3-12(17)8-14(13)18/h2-5,7-9,16,19H,6H2,1H3. The van der Waals surface area contributed by atoms with Crippen LogP contribution in [-0.4, -0.2) is 11.2 Å². The number of aliphatic hydroxyl groups is 1. The van der Waals surface area contributed by atoms with Crippen molar-refractivity contribution in [3.8, 4) is 5.75 Å². The minimum absolute atomic E-state index is 0.202. The van der Waals surface area contributed by atoms with Crippen molar-refractivity contribution in [1.82, 2.24) is 0 Å². The second-order valence-electron chi connectivity index (χ2n) is 5.07. The van der Waals surface area contributed by atoms with Crippen molar-refractivity contribution in [3.63, 3.8) is 0 Å². The highest BCUT2D eigenvalue weighted by atomic mass is 79.9. The van der Waals surface area contributed by atoms with E-state index in [1.807, 2.05) is 37.3 Å². The van der Waals surface area contributed by atoms with Crippen LogP contribution in [0.5, 0.6) is 5.75 Å². The summed E-state index contributed by atoms with van der Waals surface area (Å²) in [7, 11) is 0. The first kappa shape index (κ1) is 13.9. The van der Waals surface area contributed by atoms with Crippen LogP contribution in [-0.2, 0) is 6.42 Å². The molecule has 104 valence electrons. The van der Waals surface area contributed by atoms with E-state index >= 15 is 0 Å². The molecule has 20 heavy (non-hydrogen) atoms. The predicted molar refractivity (Wildman–Crippen MR) is 83.4 cm³/mol. The molecule has 1 aliphatic heterocycles. The van der Waals surface area contributed by atoms with Crippen molar-refractivity contribution in [2.45, 2.75) is 25.6 Å². The van der Waals surface area contributed by atoms with E-state index in [9.17, 15) is 5.11 Å². The summed E-state index contributed by atoms with van der Waals surface area (Å²) in [4.78, 5) is 0. The monoisotopic (exact) mass is 352 g/mol. The van der Waals surface area contributed by atoms with Crippen LogP contribution in [0.15, 0.2) is 40.9 Å². The van der Waals surface area contributed by atoms with Crippen LogP contribution in [0.25, 0.3) is 0 Å². The number of fused-ring (bicyclic) bond motifs is 1. The van der Waals surface area contributed by atoms with Crippen LogP contribution in [0.3, 0.4) is 0 Å². The van der Waals surface area contributed by atoms with Gasteiger partial charge >= 0.3 is 0 Å². The highest BCUT2D eigenvalue weighted by molar-refractivity contribution is 9.10. The summed E-state index contributed by atoms with van der Waals surface area (Å²) in [5, 5.41) is 11.1. The Balaban J connectivity index is 1.95. The molecule has 0 bridgehead atoms. The number of halogens is 2. The van der Waals surface area contributed by atoms with Gasteiger partial charge in [-0.3, -0.25) is 0 Å². The lowest BCUT2D eigenvalue weighted by Crippen LogP contribution is -2.05. The maximum Gasteiger partial charge on any atom is 0.123 e. The van der Waals surface area contributed by atoms with Gasteiger partial charge in [-0.25, -0.2) is 0 Å². The Hall–Kier alpha value is -1.03. The molecule has 2 unspecified atom stereocenters. The van der Waals surface area contributed by atoms with Gasteiger partial charge in [0.1, 0.15) is 18.0 Å². The minimum Gasteiger partial charge on any atom is -0.490 e. The highest BCUT2D eigenvalue weighted by Gasteiger charge is 2.21. The van der Waals surface area contributed by atoms with Crippen LogP contribution < -0.4 is 4.74 Å². The molecule has 3 rings (SSSR count). The molecule has 1 heterocycles. The zero-order valence-electron chi connectivity index (χ0n) is 10.9. The summed E-state index contributed by atoms with van der Waals surface area (Å²) < 4.78 is 6.57. The van der Waals surface area contributed by atoms with Gasteiger partial charge in [0.2, 0.25) is 0 Å². The second-order valence-corrected chi connectivity index (χ2v) is 6.39. The molecule has 2 aromatic carbocycles. The molecule has 0 saturated carbocycles. The molecule has 0 radical (unpaired) electrons. The lowest BCUT2D eigenvalue weighted by molar-refractivity contribution is 0.220. The van der Waals surface area contributed by atoms with E-state index in [-0.39, 0.29) is 6.10 Å². The number of hydrogen-bond donors (Lipinski definition) is 1. The molecule has 2 nitrogen and oxygen atoms in total. The first-order valence-electron chi connectivity index (χ1n) is 6.47. The number of ether oxygens (including phenoxy) is 1. The Bertz CT molecular complexity index is 657. The van der Waals surface area contributed by atoms with Gasteiger partial charge in [-0.05, 0) is 42.3 Å². The van der Waals surface area contributed by atoms with Crippen LogP contribution in [0.2, 0.25) is 5.02 Å². The summed E-state index contributed by atoms with van der Waals surface area (Å²) in [6, 6.07) is 11.3. The van der Waals surface area contributed by atoms with E-state index in [2.05, 4.69) is 15.9 Å². The van der Waals surface area contributed by atoms with E-state index in [4.69, 9.17) is 16.3 Å². The zero-order valence-corrected chi connectivity index (χ0v) is 13.3. The van der Waals surface area contributed by atoms with Crippen LogP contribution >= 0.6 is 27.5 Å². The van der Waals surface area contributed by atoms with Gasteiger partial charge in [-0.15, -0.1) is 0 Å². The second kappa shape index (κ2) is 5.40. The van der Waals surface area contributed by atoms with Gasteiger partial charge in [0.05, 0.1) is 0 Å². The number of aliphatic hydroxyl groups excluding tert-OH is 1. The Labute approximate surface area is 131 Å². The fourth-order valence-corrected chi connectivity index (χ4v) is 3.29. The normalized spacial score (nSPS) is 18.5. The Morgan fingerprint density at radius 2 is 2.10 bits per heavy atom. The Morgan fingerprint density at radius 1 is 1.30 bits per heavy atom. The SMILES string of the molecule is CC1Cc2cc(C(O)c3ccc(Br)cc3Cl)ccc2O1. The fourth-order valence-electron chi connectivity index (χ4n) is 2.51. The fraction of sp³-hybridized carbons (Fsp3) is 0.250. The van der Waals surface area contributed by atoms with E-state index in [1.165, 1.54) is 0 Å². The predicted octanol–water partition coefficient (Wildman–Crippen LogP) is 4.51. The van der Waals surface area contributed by atoms with Crippen molar-refractivity contribution in [1.29, 1.82) is 0 Å². The van der Waals surface area contributed by atoms with E-state index in [0.717, 1.165) is 27.8 Å². The smallest absolute Gasteiger partial charge is 0.123 e. The van der Waals surface area contributed by atoms with Crippen molar-refractivity contribution >= 4 is 27.5 Å². The third-order valence-corrected chi connectivity index (χ3v) is 4.31. The van der Waals surface area contributed by atoms with Crippen molar-refractivity contribution in [2.24, 2.45) is 0 Å². The van der Waals surface area contributed by atoms with Crippen LogP contribution in [0, 0.1) is 0 Å². The van der Waals surface area contributed by atoms with E-state index in [1.54, 1.807) is 6.07 Å². The van der Waals surface area contributed by atoms with Crippen molar-refractivity contribution in [2.75, 3.05) is 0 Å². The van der Waals surface area contributed by atoms with Gasteiger partial charge < -0.3 is 9.84 Å². The largest absolute Gasteiger partial charge is 0.490 e. The third kappa shape index (κ3) is 2.58. The van der Waals surface area contributed by atoms with Gasteiger partial charge in [0.25, 0.3) is 0 Å². The van der Waals surface area contributed by atoms with Gasteiger partial charge in [-0.1, -0.05) is 39.7 Å². The lowest BCUT2D eigenvalue weighted by Gasteiger charge is -2.14. The average molecular weight is 354 g/mol. The summed E-state index contributed by atoms with van der Waals surface area (Å²) in [6.45, 7) is 2.04. The minimum atomic E-state index is -0.725. The molecule has 0 amide bonds. The first-order chi connectivity index (χ1) is 9.54. The number of benzene rings is 2. The molecule has 2 aromatic rings. The molecule has 2 atom stereocenters. The van der Waals surface area contributed by atoms with Crippen molar-refractivity contribution < 1.29 is 9.84 Å².